The lowest BCUT2D eigenvalue weighted by atomic mass is 10.1. The molecule has 1 heterocycles. The maximum absolute atomic E-state index is 12.2. The van der Waals surface area contributed by atoms with Crippen LogP contribution in [0.25, 0.3) is 11.3 Å². The highest BCUT2D eigenvalue weighted by molar-refractivity contribution is 6.30. The van der Waals surface area contributed by atoms with E-state index in [-0.39, 0.29) is 11.4 Å². The third kappa shape index (κ3) is 4.54. The van der Waals surface area contributed by atoms with Crippen LogP contribution in [0.15, 0.2) is 54.6 Å². The summed E-state index contributed by atoms with van der Waals surface area (Å²) < 4.78 is 40.2. The third-order valence-electron chi connectivity index (χ3n) is 3.29. The Bertz CT molecular complexity index is 924. The molecule has 5 nitrogen and oxygen atoms in total. The van der Waals surface area contributed by atoms with Crippen molar-refractivity contribution in [2.45, 2.75) is 6.36 Å². The first kappa shape index (κ1) is 17.8. The Morgan fingerprint density at radius 3 is 2.50 bits per heavy atom. The van der Waals surface area contributed by atoms with E-state index in [4.69, 9.17) is 11.6 Å². The number of alkyl halides is 3. The van der Waals surface area contributed by atoms with Crippen LogP contribution in [0.5, 0.6) is 5.75 Å². The minimum absolute atomic E-state index is 0.190. The van der Waals surface area contributed by atoms with Gasteiger partial charge < -0.3 is 10.1 Å². The number of amides is 1. The standard InChI is InChI=1S/C17H11ClF3N3O2/c18-11-3-1-2-10(8-11)14-9-15(24-23-14)16(25)22-12-4-6-13(7-5-12)26-17(19,20)21/h1-9H,(H,22,25)(H,23,24). The Morgan fingerprint density at radius 2 is 1.85 bits per heavy atom. The molecule has 3 rings (SSSR count). The zero-order valence-corrected chi connectivity index (χ0v) is 13.7. The van der Waals surface area contributed by atoms with Gasteiger partial charge in [0.05, 0.1) is 5.69 Å². The molecule has 2 aromatic carbocycles. The summed E-state index contributed by atoms with van der Waals surface area (Å²) in [7, 11) is 0. The highest BCUT2D eigenvalue weighted by Gasteiger charge is 2.30. The molecule has 0 fully saturated rings. The smallest absolute Gasteiger partial charge is 0.406 e. The third-order valence-corrected chi connectivity index (χ3v) is 3.52. The Morgan fingerprint density at radius 1 is 1.12 bits per heavy atom. The van der Waals surface area contributed by atoms with E-state index in [1.807, 2.05) is 0 Å². The summed E-state index contributed by atoms with van der Waals surface area (Å²) >= 11 is 5.93. The van der Waals surface area contributed by atoms with Crippen LogP contribution in [-0.4, -0.2) is 22.5 Å². The minimum Gasteiger partial charge on any atom is -0.406 e. The van der Waals surface area contributed by atoms with Gasteiger partial charge in [-0.15, -0.1) is 13.2 Å². The number of nitrogens with zero attached hydrogens (tertiary/aromatic N) is 1. The fraction of sp³-hybridized carbons (Fsp3) is 0.0588. The summed E-state index contributed by atoms with van der Waals surface area (Å²) in [5.41, 5.74) is 1.77. The predicted octanol–water partition coefficient (Wildman–Crippen LogP) is 4.88. The molecule has 0 aliphatic carbocycles. The van der Waals surface area contributed by atoms with E-state index in [0.29, 0.717) is 16.4 Å². The van der Waals surface area contributed by atoms with Crippen LogP contribution in [0.2, 0.25) is 5.02 Å². The zero-order valence-electron chi connectivity index (χ0n) is 13.0. The molecule has 0 saturated carbocycles. The average Bonchev–Trinajstić information content (AvgIpc) is 3.05. The second kappa shape index (κ2) is 7.09. The maximum Gasteiger partial charge on any atom is 0.573 e. The van der Waals surface area contributed by atoms with Crippen LogP contribution in [0.1, 0.15) is 10.5 Å². The number of rotatable bonds is 4. The molecule has 0 saturated heterocycles. The van der Waals surface area contributed by atoms with Crippen molar-refractivity contribution in [1.82, 2.24) is 10.2 Å². The number of nitrogens with one attached hydrogen (secondary N) is 2. The first-order chi connectivity index (χ1) is 12.3. The van der Waals surface area contributed by atoms with Crippen LogP contribution >= 0.6 is 11.6 Å². The van der Waals surface area contributed by atoms with Crippen molar-refractivity contribution >= 4 is 23.2 Å². The van der Waals surface area contributed by atoms with E-state index in [0.717, 1.165) is 17.7 Å². The molecule has 0 spiro atoms. The molecule has 0 bridgehead atoms. The number of aromatic nitrogens is 2. The number of halogens is 4. The monoisotopic (exact) mass is 381 g/mol. The van der Waals surface area contributed by atoms with E-state index < -0.39 is 12.3 Å². The number of hydrogen-bond donors (Lipinski definition) is 2. The van der Waals surface area contributed by atoms with E-state index >= 15 is 0 Å². The first-order valence-corrected chi connectivity index (χ1v) is 7.66. The SMILES string of the molecule is O=C(Nc1ccc(OC(F)(F)F)cc1)c1cc(-c2cccc(Cl)c2)n[nH]1. The summed E-state index contributed by atoms with van der Waals surface area (Å²) in [5.74, 6) is -0.865. The van der Waals surface area contributed by atoms with Gasteiger partial charge in [0.1, 0.15) is 11.4 Å². The van der Waals surface area contributed by atoms with Crippen molar-refractivity contribution in [2.75, 3.05) is 5.32 Å². The van der Waals surface area contributed by atoms with E-state index in [1.165, 1.54) is 12.1 Å². The van der Waals surface area contributed by atoms with Gasteiger partial charge in [-0.2, -0.15) is 5.10 Å². The van der Waals surface area contributed by atoms with Gasteiger partial charge in [-0.25, -0.2) is 0 Å². The number of aromatic amines is 1. The van der Waals surface area contributed by atoms with Crippen molar-refractivity contribution in [3.05, 3.63) is 65.3 Å². The van der Waals surface area contributed by atoms with Crippen molar-refractivity contribution in [3.63, 3.8) is 0 Å². The molecular weight excluding hydrogens is 371 g/mol. The topological polar surface area (TPSA) is 67.0 Å². The average molecular weight is 382 g/mol. The normalized spacial score (nSPS) is 11.2. The fourth-order valence-corrected chi connectivity index (χ4v) is 2.36. The number of carbonyl (C=O) groups is 1. The van der Waals surface area contributed by atoms with E-state index in [1.54, 1.807) is 30.3 Å². The summed E-state index contributed by atoms with van der Waals surface area (Å²) in [4.78, 5) is 12.2. The number of benzene rings is 2. The summed E-state index contributed by atoms with van der Waals surface area (Å²) in [6, 6.07) is 13.3. The quantitative estimate of drug-likeness (QED) is 0.676. The second-order valence-electron chi connectivity index (χ2n) is 5.20. The lowest BCUT2D eigenvalue weighted by Crippen LogP contribution is -2.17. The van der Waals surface area contributed by atoms with Gasteiger partial charge in [0.15, 0.2) is 0 Å². The highest BCUT2D eigenvalue weighted by Crippen LogP contribution is 2.25. The Hall–Kier alpha value is -3.00. The van der Waals surface area contributed by atoms with Crippen molar-refractivity contribution < 1.29 is 22.7 Å². The molecule has 0 radical (unpaired) electrons. The van der Waals surface area contributed by atoms with E-state index in [2.05, 4.69) is 20.3 Å². The second-order valence-corrected chi connectivity index (χ2v) is 5.64. The number of anilines is 1. The van der Waals surface area contributed by atoms with Gasteiger partial charge in [0.25, 0.3) is 5.91 Å². The number of carbonyl (C=O) groups excluding carboxylic acids is 1. The number of ether oxygens (including phenoxy) is 1. The van der Waals surface area contributed by atoms with Gasteiger partial charge in [0.2, 0.25) is 0 Å². The lowest BCUT2D eigenvalue weighted by Gasteiger charge is -2.09. The molecule has 3 aromatic rings. The summed E-state index contributed by atoms with van der Waals surface area (Å²) in [5, 5.41) is 9.75. The molecule has 1 amide bonds. The Labute approximate surface area is 150 Å². The predicted molar refractivity (Wildman–Crippen MR) is 90.1 cm³/mol. The van der Waals surface area contributed by atoms with Gasteiger partial charge in [0, 0.05) is 16.3 Å². The Kier molecular flexibility index (Phi) is 4.85. The molecule has 0 unspecified atom stereocenters. The minimum atomic E-state index is -4.77. The van der Waals surface area contributed by atoms with Gasteiger partial charge in [-0.1, -0.05) is 23.7 Å². The van der Waals surface area contributed by atoms with Crippen LogP contribution in [0, 0.1) is 0 Å². The highest BCUT2D eigenvalue weighted by atomic mass is 35.5. The summed E-state index contributed by atoms with van der Waals surface area (Å²) in [6.45, 7) is 0. The lowest BCUT2D eigenvalue weighted by molar-refractivity contribution is -0.274. The van der Waals surface area contributed by atoms with Gasteiger partial charge in [-0.05, 0) is 42.5 Å². The number of H-pyrrole nitrogens is 1. The maximum atomic E-state index is 12.2. The van der Waals surface area contributed by atoms with E-state index in [9.17, 15) is 18.0 Å². The first-order valence-electron chi connectivity index (χ1n) is 7.29. The van der Waals surface area contributed by atoms with Crippen LogP contribution < -0.4 is 10.1 Å². The van der Waals surface area contributed by atoms with Crippen LogP contribution in [-0.2, 0) is 0 Å². The fourth-order valence-electron chi connectivity index (χ4n) is 2.17. The molecule has 0 aliphatic rings. The molecule has 26 heavy (non-hydrogen) atoms. The van der Waals surface area contributed by atoms with Gasteiger partial charge >= 0.3 is 6.36 Å². The molecule has 1 aromatic heterocycles. The van der Waals surface area contributed by atoms with Crippen molar-refractivity contribution in [2.24, 2.45) is 0 Å². The zero-order chi connectivity index (χ0) is 18.7. The molecule has 0 atom stereocenters. The molecule has 9 heteroatoms. The Balaban J connectivity index is 1.69. The molecular formula is C17H11ClF3N3O2. The van der Waals surface area contributed by atoms with Crippen LogP contribution in [0.4, 0.5) is 18.9 Å². The largest absolute Gasteiger partial charge is 0.573 e. The van der Waals surface area contributed by atoms with Crippen molar-refractivity contribution in [3.8, 4) is 17.0 Å². The molecule has 2 N–H and O–H groups in total. The van der Waals surface area contributed by atoms with Gasteiger partial charge in [-0.3, -0.25) is 9.89 Å². The molecule has 134 valence electrons. The molecule has 0 aliphatic heterocycles. The van der Waals surface area contributed by atoms with Crippen molar-refractivity contribution in [1.29, 1.82) is 0 Å². The number of hydrogen-bond acceptors (Lipinski definition) is 3. The summed E-state index contributed by atoms with van der Waals surface area (Å²) in [6.07, 6.45) is -4.77. The van der Waals surface area contributed by atoms with Crippen LogP contribution in [0.3, 0.4) is 0 Å².